The highest BCUT2D eigenvalue weighted by Gasteiger charge is 2.13. The number of benzene rings is 3. The summed E-state index contributed by atoms with van der Waals surface area (Å²) < 4.78 is 10.6. The topological polar surface area (TPSA) is 118 Å². The van der Waals surface area contributed by atoms with Crippen LogP contribution in [0.15, 0.2) is 78.4 Å². The molecule has 0 radical (unpaired) electrons. The molecule has 8 nitrogen and oxygen atoms in total. The van der Waals surface area contributed by atoms with E-state index >= 15 is 0 Å². The number of rotatable bonds is 9. The summed E-state index contributed by atoms with van der Waals surface area (Å²) in [5, 5.41) is 14.8. The lowest BCUT2D eigenvalue weighted by Crippen LogP contribution is -2.20. The highest BCUT2D eigenvalue weighted by atomic mass is 16.5. The van der Waals surface area contributed by atoms with Gasteiger partial charge in [0, 0.05) is 11.3 Å². The predicted molar refractivity (Wildman–Crippen MR) is 132 cm³/mol. The van der Waals surface area contributed by atoms with Gasteiger partial charge in [-0.2, -0.15) is 5.26 Å². The monoisotopic (exact) mass is 469 g/mol. The normalized spacial score (nSPS) is 10.6. The highest BCUT2D eigenvalue weighted by Crippen LogP contribution is 2.19. The highest BCUT2D eigenvalue weighted by molar-refractivity contribution is 6.12. The van der Waals surface area contributed by atoms with Crippen molar-refractivity contribution in [3.63, 3.8) is 0 Å². The van der Waals surface area contributed by atoms with Crippen molar-refractivity contribution in [3.8, 4) is 17.6 Å². The van der Waals surface area contributed by atoms with Gasteiger partial charge in [-0.15, -0.1) is 0 Å². The summed E-state index contributed by atoms with van der Waals surface area (Å²) >= 11 is 0. The maximum Gasteiger partial charge on any atom is 0.266 e. The van der Waals surface area contributed by atoms with Crippen molar-refractivity contribution >= 4 is 35.0 Å². The second kappa shape index (κ2) is 11.8. The number of methoxy groups -OCH3 is 1. The molecule has 0 aliphatic rings. The van der Waals surface area contributed by atoms with Gasteiger partial charge in [-0.1, -0.05) is 24.3 Å². The quantitative estimate of drug-likeness (QED) is 0.271. The third kappa shape index (κ3) is 7.04. The fraction of sp³-hybridized carbons (Fsp3) is 0.111. The lowest BCUT2D eigenvalue weighted by Gasteiger charge is -2.09. The van der Waals surface area contributed by atoms with Crippen molar-refractivity contribution < 1.29 is 23.9 Å². The zero-order chi connectivity index (χ0) is 25.2. The molecule has 0 saturated heterocycles. The lowest BCUT2D eigenvalue weighted by molar-refractivity contribution is -0.118. The molecule has 3 rings (SSSR count). The van der Waals surface area contributed by atoms with Gasteiger partial charge in [0.05, 0.1) is 12.8 Å². The van der Waals surface area contributed by atoms with Gasteiger partial charge in [0.2, 0.25) is 0 Å². The van der Waals surface area contributed by atoms with Crippen LogP contribution in [0.1, 0.15) is 22.8 Å². The van der Waals surface area contributed by atoms with Crippen LogP contribution < -0.4 is 20.1 Å². The third-order valence-electron chi connectivity index (χ3n) is 4.85. The summed E-state index contributed by atoms with van der Waals surface area (Å²) in [4.78, 5) is 36.4. The van der Waals surface area contributed by atoms with Crippen LogP contribution in [-0.4, -0.2) is 31.3 Å². The van der Waals surface area contributed by atoms with Gasteiger partial charge < -0.3 is 20.1 Å². The molecule has 2 N–H and O–H groups in total. The number of nitrogens with one attached hydrogen (secondary N) is 2. The molecule has 8 heteroatoms. The molecule has 0 aliphatic heterocycles. The average Bonchev–Trinajstić information content (AvgIpc) is 2.87. The minimum atomic E-state index is -0.628. The standard InChI is InChI=1S/C27H23N3O5/c1-18(31)24-5-3-4-6-25(24)30-27(33)20(16-28)15-19-7-11-23(12-8-19)35-17-26(32)29-21-9-13-22(34-2)14-10-21/h3-15H,17H2,1-2H3,(H,29,32)(H,30,33)/b20-15-. The maximum atomic E-state index is 12.6. The first-order chi connectivity index (χ1) is 16.9. The van der Waals surface area contributed by atoms with Crippen molar-refractivity contribution in [2.75, 3.05) is 24.4 Å². The fourth-order valence-electron chi connectivity index (χ4n) is 3.08. The zero-order valence-corrected chi connectivity index (χ0v) is 19.2. The second-order valence-corrected chi connectivity index (χ2v) is 7.36. The largest absolute Gasteiger partial charge is 0.497 e. The molecular formula is C27H23N3O5. The number of Topliss-reactive ketones (excluding diaryl/α,β-unsaturated/α-hetero) is 1. The summed E-state index contributed by atoms with van der Waals surface area (Å²) in [6, 6.07) is 21.9. The van der Waals surface area contributed by atoms with Crippen LogP contribution in [0.4, 0.5) is 11.4 Å². The Labute approximate surface area is 202 Å². The van der Waals surface area contributed by atoms with E-state index in [9.17, 15) is 19.6 Å². The number of anilines is 2. The SMILES string of the molecule is COc1ccc(NC(=O)COc2ccc(/C=C(/C#N)C(=O)Nc3ccccc3C(C)=O)cc2)cc1. The molecule has 3 aromatic carbocycles. The molecule has 0 fully saturated rings. The Balaban J connectivity index is 1.59. The van der Waals surface area contributed by atoms with E-state index in [-0.39, 0.29) is 23.9 Å². The van der Waals surface area contributed by atoms with Crippen molar-refractivity contribution in [2.24, 2.45) is 0 Å². The van der Waals surface area contributed by atoms with Crippen molar-refractivity contribution in [3.05, 3.63) is 89.5 Å². The minimum Gasteiger partial charge on any atom is -0.497 e. The van der Waals surface area contributed by atoms with E-state index in [4.69, 9.17) is 9.47 Å². The van der Waals surface area contributed by atoms with Crippen molar-refractivity contribution in [1.29, 1.82) is 5.26 Å². The Hall–Kier alpha value is -4.90. The average molecular weight is 469 g/mol. The molecule has 0 bridgehead atoms. The van der Waals surface area contributed by atoms with Crippen LogP contribution in [0, 0.1) is 11.3 Å². The van der Waals surface area contributed by atoms with Crippen LogP contribution in [0.5, 0.6) is 11.5 Å². The van der Waals surface area contributed by atoms with Crippen LogP contribution in [0.3, 0.4) is 0 Å². The number of hydrogen-bond acceptors (Lipinski definition) is 6. The van der Waals surface area contributed by atoms with Crippen molar-refractivity contribution in [1.82, 2.24) is 0 Å². The number of ketones is 1. The van der Waals surface area contributed by atoms with Gasteiger partial charge in [-0.3, -0.25) is 14.4 Å². The number of hydrogen-bond donors (Lipinski definition) is 2. The van der Waals surface area contributed by atoms with Crippen molar-refractivity contribution in [2.45, 2.75) is 6.92 Å². The Morgan fingerprint density at radius 3 is 2.20 bits per heavy atom. The summed E-state index contributed by atoms with van der Waals surface area (Å²) in [5.41, 5.74) is 1.77. The van der Waals surface area contributed by atoms with E-state index in [2.05, 4.69) is 10.6 Å². The molecule has 35 heavy (non-hydrogen) atoms. The van der Waals surface area contributed by atoms with E-state index in [1.807, 2.05) is 6.07 Å². The summed E-state index contributed by atoms with van der Waals surface area (Å²) in [7, 11) is 1.56. The van der Waals surface area contributed by atoms with Gasteiger partial charge in [0.25, 0.3) is 11.8 Å². The van der Waals surface area contributed by atoms with Gasteiger partial charge in [-0.25, -0.2) is 0 Å². The number of carbonyl (C=O) groups is 3. The van der Waals surface area contributed by atoms with E-state index in [1.165, 1.54) is 13.0 Å². The summed E-state index contributed by atoms with van der Waals surface area (Å²) in [6.07, 6.45) is 1.42. The van der Waals surface area contributed by atoms with Gasteiger partial charge >= 0.3 is 0 Å². The Morgan fingerprint density at radius 2 is 1.57 bits per heavy atom. The molecule has 0 heterocycles. The van der Waals surface area contributed by atoms with Crippen LogP contribution >= 0.6 is 0 Å². The molecule has 2 amide bonds. The lowest BCUT2D eigenvalue weighted by atomic mass is 10.1. The van der Waals surface area contributed by atoms with Crippen LogP contribution in [0.2, 0.25) is 0 Å². The second-order valence-electron chi connectivity index (χ2n) is 7.36. The molecule has 0 saturated carbocycles. The van der Waals surface area contributed by atoms with Gasteiger partial charge in [0.1, 0.15) is 23.1 Å². The number of nitrogens with zero attached hydrogens (tertiary/aromatic N) is 1. The third-order valence-corrected chi connectivity index (χ3v) is 4.85. The van der Waals surface area contributed by atoms with Crippen LogP contribution in [0.25, 0.3) is 6.08 Å². The maximum absolute atomic E-state index is 12.6. The first-order valence-corrected chi connectivity index (χ1v) is 10.6. The first-order valence-electron chi connectivity index (χ1n) is 10.6. The fourth-order valence-corrected chi connectivity index (χ4v) is 3.08. The Morgan fingerprint density at radius 1 is 0.914 bits per heavy atom. The zero-order valence-electron chi connectivity index (χ0n) is 19.2. The molecule has 0 atom stereocenters. The number of amides is 2. The number of para-hydroxylation sites is 1. The van der Waals surface area contributed by atoms with E-state index in [0.29, 0.717) is 34.0 Å². The minimum absolute atomic E-state index is 0.129. The Bertz CT molecular complexity index is 1290. The summed E-state index contributed by atoms with van der Waals surface area (Å²) in [6.45, 7) is 1.21. The number of ether oxygens (including phenoxy) is 2. The van der Waals surface area contributed by atoms with E-state index in [1.54, 1.807) is 79.9 Å². The van der Waals surface area contributed by atoms with Gasteiger partial charge in [-0.05, 0) is 67.1 Å². The molecule has 0 aliphatic carbocycles. The van der Waals surface area contributed by atoms with E-state index in [0.717, 1.165) is 0 Å². The summed E-state index contributed by atoms with van der Waals surface area (Å²) in [5.74, 6) is -0.0153. The van der Waals surface area contributed by atoms with E-state index < -0.39 is 5.91 Å². The number of carbonyl (C=O) groups excluding carboxylic acids is 3. The predicted octanol–water partition coefficient (Wildman–Crippen LogP) is 4.46. The van der Waals surface area contributed by atoms with Gasteiger partial charge in [0.15, 0.2) is 12.4 Å². The molecule has 3 aromatic rings. The van der Waals surface area contributed by atoms with Crippen LogP contribution in [-0.2, 0) is 9.59 Å². The molecule has 176 valence electrons. The smallest absolute Gasteiger partial charge is 0.266 e. The Kier molecular flexibility index (Phi) is 8.35. The molecular weight excluding hydrogens is 446 g/mol. The molecule has 0 aromatic heterocycles. The first kappa shape index (κ1) is 24.7. The number of nitriles is 1. The molecule has 0 spiro atoms. The molecule has 0 unspecified atom stereocenters.